The number of benzene rings is 2. The molecule has 0 aliphatic heterocycles. The van der Waals surface area contributed by atoms with Crippen LogP contribution < -0.4 is 5.32 Å². The molecule has 1 aliphatic rings. The minimum Gasteiger partial charge on any atom is -0.333 e. The van der Waals surface area contributed by atoms with Crippen molar-refractivity contribution < 1.29 is 9.59 Å². The van der Waals surface area contributed by atoms with E-state index in [1.165, 1.54) is 0 Å². The molecule has 142 valence electrons. The molecule has 0 atom stereocenters. The number of amides is 2. The summed E-state index contributed by atoms with van der Waals surface area (Å²) in [6.07, 6.45) is 1.92. The van der Waals surface area contributed by atoms with Crippen LogP contribution in [-0.4, -0.2) is 48.8 Å². The second kappa shape index (κ2) is 8.82. The van der Waals surface area contributed by atoms with Crippen molar-refractivity contribution in [1.82, 2.24) is 9.80 Å². The molecule has 0 heterocycles. The number of nitrogens with zero attached hydrogens (tertiary/aromatic N) is 2. The van der Waals surface area contributed by atoms with Crippen LogP contribution in [-0.2, 0) is 11.3 Å². The van der Waals surface area contributed by atoms with Crippen molar-refractivity contribution in [3.8, 4) is 0 Å². The predicted molar refractivity (Wildman–Crippen MR) is 108 cm³/mol. The SMILES string of the molecule is CN(C)CCN(Cc1ccccc1)C(=O)c1cccc(NC(=O)C2CC2)c1. The third-order valence-corrected chi connectivity index (χ3v) is 4.65. The second-order valence-corrected chi connectivity index (χ2v) is 7.36. The average Bonchev–Trinajstić information content (AvgIpc) is 3.51. The maximum atomic E-state index is 13.1. The van der Waals surface area contributed by atoms with E-state index in [1.807, 2.05) is 67.5 Å². The van der Waals surface area contributed by atoms with Gasteiger partial charge in [0.15, 0.2) is 0 Å². The van der Waals surface area contributed by atoms with Gasteiger partial charge in [0.2, 0.25) is 5.91 Å². The molecule has 2 amide bonds. The van der Waals surface area contributed by atoms with Gasteiger partial charge in [-0.3, -0.25) is 9.59 Å². The van der Waals surface area contributed by atoms with E-state index >= 15 is 0 Å². The van der Waals surface area contributed by atoms with Gasteiger partial charge in [0.1, 0.15) is 0 Å². The third-order valence-electron chi connectivity index (χ3n) is 4.65. The molecule has 0 radical (unpaired) electrons. The number of likely N-dealkylation sites (N-methyl/N-ethyl adjacent to an activating group) is 1. The molecule has 2 aromatic rings. The first kappa shape index (κ1) is 19.1. The molecule has 0 bridgehead atoms. The Hall–Kier alpha value is -2.66. The Labute approximate surface area is 161 Å². The molecule has 0 spiro atoms. The van der Waals surface area contributed by atoms with Crippen molar-refractivity contribution in [2.45, 2.75) is 19.4 Å². The van der Waals surface area contributed by atoms with Crippen molar-refractivity contribution in [2.75, 3.05) is 32.5 Å². The van der Waals surface area contributed by atoms with E-state index in [1.54, 1.807) is 6.07 Å². The third kappa shape index (κ3) is 5.66. The summed E-state index contributed by atoms with van der Waals surface area (Å²) in [5.41, 5.74) is 2.38. The highest BCUT2D eigenvalue weighted by atomic mass is 16.2. The minimum absolute atomic E-state index is 0.0248. The van der Waals surface area contributed by atoms with E-state index in [0.717, 1.165) is 24.9 Å². The zero-order valence-electron chi connectivity index (χ0n) is 16.0. The smallest absolute Gasteiger partial charge is 0.254 e. The molecule has 27 heavy (non-hydrogen) atoms. The van der Waals surface area contributed by atoms with Crippen LogP contribution in [0.3, 0.4) is 0 Å². The Morgan fingerprint density at radius 1 is 1.00 bits per heavy atom. The number of carbonyl (C=O) groups excluding carboxylic acids is 2. The summed E-state index contributed by atoms with van der Waals surface area (Å²) in [5.74, 6) is 0.163. The molecule has 2 aromatic carbocycles. The first-order valence-corrected chi connectivity index (χ1v) is 9.42. The summed E-state index contributed by atoms with van der Waals surface area (Å²) in [4.78, 5) is 29.1. The zero-order chi connectivity index (χ0) is 19.2. The lowest BCUT2D eigenvalue weighted by atomic mass is 10.1. The van der Waals surface area contributed by atoms with Crippen molar-refractivity contribution in [2.24, 2.45) is 5.92 Å². The Balaban J connectivity index is 1.74. The quantitative estimate of drug-likeness (QED) is 0.781. The van der Waals surface area contributed by atoms with Gasteiger partial charge in [-0.1, -0.05) is 36.4 Å². The molecule has 1 N–H and O–H groups in total. The van der Waals surface area contributed by atoms with E-state index in [0.29, 0.717) is 24.3 Å². The van der Waals surface area contributed by atoms with E-state index in [2.05, 4.69) is 10.2 Å². The van der Waals surface area contributed by atoms with E-state index in [-0.39, 0.29) is 17.7 Å². The molecule has 0 aromatic heterocycles. The molecule has 0 saturated heterocycles. The van der Waals surface area contributed by atoms with Gasteiger partial charge in [0.05, 0.1) is 0 Å². The topological polar surface area (TPSA) is 52.6 Å². The van der Waals surface area contributed by atoms with Crippen molar-refractivity contribution in [1.29, 1.82) is 0 Å². The normalized spacial score (nSPS) is 13.4. The fraction of sp³-hybridized carbons (Fsp3) is 0.364. The van der Waals surface area contributed by atoms with Crippen LogP contribution in [0.15, 0.2) is 54.6 Å². The second-order valence-electron chi connectivity index (χ2n) is 7.36. The predicted octanol–water partition coefficient (Wildman–Crippen LogP) is 3.24. The van der Waals surface area contributed by atoms with Crippen LogP contribution in [0.25, 0.3) is 0 Å². The fourth-order valence-electron chi connectivity index (χ4n) is 2.88. The van der Waals surface area contributed by atoms with E-state index < -0.39 is 0 Å². The lowest BCUT2D eigenvalue weighted by Crippen LogP contribution is -2.36. The molecule has 1 aliphatic carbocycles. The first-order chi connectivity index (χ1) is 13.0. The lowest BCUT2D eigenvalue weighted by Gasteiger charge is -2.25. The summed E-state index contributed by atoms with van der Waals surface area (Å²) in [6, 6.07) is 17.2. The molecule has 5 nitrogen and oxygen atoms in total. The van der Waals surface area contributed by atoms with Crippen LogP contribution in [0.1, 0.15) is 28.8 Å². The molecule has 0 unspecified atom stereocenters. The largest absolute Gasteiger partial charge is 0.333 e. The number of carbonyl (C=O) groups is 2. The highest BCUT2D eigenvalue weighted by Crippen LogP contribution is 2.30. The summed E-state index contributed by atoms with van der Waals surface area (Å²) < 4.78 is 0. The van der Waals surface area contributed by atoms with Crippen LogP contribution in [0, 0.1) is 5.92 Å². The van der Waals surface area contributed by atoms with Gasteiger partial charge >= 0.3 is 0 Å². The van der Waals surface area contributed by atoms with E-state index in [4.69, 9.17) is 0 Å². The minimum atomic E-state index is -0.0248. The molecule has 1 fully saturated rings. The molecular weight excluding hydrogens is 338 g/mol. The molecular formula is C22H27N3O2. The van der Waals surface area contributed by atoms with Crippen LogP contribution in [0.5, 0.6) is 0 Å². The number of hydrogen-bond acceptors (Lipinski definition) is 3. The first-order valence-electron chi connectivity index (χ1n) is 9.42. The van der Waals surface area contributed by atoms with E-state index in [9.17, 15) is 9.59 Å². The Morgan fingerprint density at radius 3 is 2.41 bits per heavy atom. The zero-order valence-corrected chi connectivity index (χ0v) is 16.0. The van der Waals surface area contributed by atoms with Crippen LogP contribution in [0.4, 0.5) is 5.69 Å². The number of nitrogens with one attached hydrogen (secondary N) is 1. The highest BCUT2D eigenvalue weighted by Gasteiger charge is 2.29. The maximum Gasteiger partial charge on any atom is 0.254 e. The summed E-state index contributed by atoms with van der Waals surface area (Å²) in [7, 11) is 4.00. The molecule has 3 rings (SSSR count). The lowest BCUT2D eigenvalue weighted by molar-refractivity contribution is -0.117. The monoisotopic (exact) mass is 365 g/mol. The summed E-state index contributed by atoms with van der Waals surface area (Å²) in [6.45, 7) is 1.99. The summed E-state index contributed by atoms with van der Waals surface area (Å²) in [5, 5.41) is 2.92. The molecule has 5 heteroatoms. The van der Waals surface area contributed by atoms with Crippen molar-refractivity contribution in [3.05, 3.63) is 65.7 Å². The van der Waals surface area contributed by atoms with Gasteiger partial charge in [0.25, 0.3) is 5.91 Å². The Bertz CT molecular complexity index is 785. The average molecular weight is 365 g/mol. The van der Waals surface area contributed by atoms with Crippen LogP contribution >= 0.6 is 0 Å². The van der Waals surface area contributed by atoms with Gasteiger partial charge in [0, 0.05) is 36.8 Å². The molecule has 1 saturated carbocycles. The fourth-order valence-corrected chi connectivity index (χ4v) is 2.88. The highest BCUT2D eigenvalue weighted by molar-refractivity contribution is 5.98. The van der Waals surface area contributed by atoms with Gasteiger partial charge in [-0.15, -0.1) is 0 Å². The van der Waals surface area contributed by atoms with Gasteiger partial charge in [-0.05, 0) is 50.7 Å². The summed E-state index contributed by atoms with van der Waals surface area (Å²) >= 11 is 0. The Kier molecular flexibility index (Phi) is 6.24. The van der Waals surface area contributed by atoms with Gasteiger partial charge in [-0.2, -0.15) is 0 Å². The van der Waals surface area contributed by atoms with Gasteiger partial charge < -0.3 is 15.1 Å². The Morgan fingerprint density at radius 2 is 1.74 bits per heavy atom. The van der Waals surface area contributed by atoms with Gasteiger partial charge in [-0.25, -0.2) is 0 Å². The van der Waals surface area contributed by atoms with Crippen LogP contribution in [0.2, 0.25) is 0 Å². The van der Waals surface area contributed by atoms with Crippen molar-refractivity contribution in [3.63, 3.8) is 0 Å². The maximum absolute atomic E-state index is 13.1. The standard InChI is InChI=1S/C22H27N3O2/c1-24(2)13-14-25(16-17-7-4-3-5-8-17)22(27)19-9-6-10-20(15-19)23-21(26)18-11-12-18/h3-10,15,18H,11-14,16H2,1-2H3,(H,23,26). The van der Waals surface area contributed by atoms with Crippen molar-refractivity contribution >= 4 is 17.5 Å². The number of rotatable bonds is 8. The number of hydrogen-bond donors (Lipinski definition) is 1. The number of anilines is 1.